The zero-order valence-electron chi connectivity index (χ0n) is 11.3. The van der Waals surface area contributed by atoms with E-state index >= 15 is 0 Å². The maximum Gasteiger partial charge on any atom is 0.226 e. The Balaban J connectivity index is 1.77. The molecular formula is C13H23N3O2. The quantitative estimate of drug-likeness (QED) is 0.806. The summed E-state index contributed by atoms with van der Waals surface area (Å²) in [5.41, 5.74) is 5.95. The van der Waals surface area contributed by atoms with Gasteiger partial charge < -0.3 is 15.0 Å². The minimum atomic E-state index is -0.0925. The van der Waals surface area contributed by atoms with Gasteiger partial charge in [0.1, 0.15) is 0 Å². The highest BCUT2D eigenvalue weighted by Gasteiger charge is 2.31. The van der Waals surface area contributed by atoms with Gasteiger partial charge in [-0.2, -0.15) is 4.98 Å². The van der Waals surface area contributed by atoms with Crippen molar-refractivity contribution in [1.82, 2.24) is 10.1 Å². The highest BCUT2D eigenvalue weighted by atomic mass is 16.5. The van der Waals surface area contributed by atoms with Crippen LogP contribution in [0.1, 0.15) is 57.3 Å². The highest BCUT2D eigenvalue weighted by molar-refractivity contribution is 4.95. The molecule has 0 bridgehead atoms. The largest absolute Gasteiger partial charge is 0.378 e. The lowest BCUT2D eigenvalue weighted by Gasteiger charge is -2.33. The fourth-order valence-electron chi connectivity index (χ4n) is 2.40. The number of ether oxygens (including phenoxy) is 1. The molecule has 1 aliphatic rings. The first-order valence-electron chi connectivity index (χ1n) is 6.92. The zero-order chi connectivity index (χ0) is 13.0. The third kappa shape index (κ3) is 3.29. The zero-order valence-corrected chi connectivity index (χ0v) is 11.3. The van der Waals surface area contributed by atoms with Crippen LogP contribution >= 0.6 is 0 Å². The molecule has 0 radical (unpaired) electrons. The summed E-state index contributed by atoms with van der Waals surface area (Å²) in [6, 6.07) is -0.0925. The molecule has 5 heteroatoms. The molecule has 1 fully saturated rings. The second kappa shape index (κ2) is 6.29. The summed E-state index contributed by atoms with van der Waals surface area (Å²) in [5.74, 6) is 1.99. The van der Waals surface area contributed by atoms with Crippen LogP contribution in [0.5, 0.6) is 0 Å². The number of nitrogens with two attached hydrogens (primary N) is 1. The SMILES string of the molecule is CCCC(N)c1noc(CC2CC(OCC)C2)n1. The second-order valence-corrected chi connectivity index (χ2v) is 5.06. The van der Waals surface area contributed by atoms with Crippen LogP contribution in [0.2, 0.25) is 0 Å². The Hall–Kier alpha value is -0.940. The topological polar surface area (TPSA) is 74.2 Å². The lowest BCUT2D eigenvalue weighted by Crippen LogP contribution is -2.32. The average Bonchev–Trinajstić information content (AvgIpc) is 2.75. The molecule has 2 N–H and O–H groups in total. The Bertz CT molecular complexity index is 361. The van der Waals surface area contributed by atoms with Gasteiger partial charge in [-0.25, -0.2) is 0 Å². The summed E-state index contributed by atoms with van der Waals surface area (Å²) >= 11 is 0. The third-order valence-electron chi connectivity index (χ3n) is 3.47. The maximum absolute atomic E-state index is 5.95. The molecule has 1 aromatic heterocycles. The van der Waals surface area contributed by atoms with Gasteiger partial charge in [0.2, 0.25) is 5.89 Å². The Morgan fingerprint density at radius 3 is 2.89 bits per heavy atom. The van der Waals surface area contributed by atoms with Crippen molar-refractivity contribution in [3.8, 4) is 0 Å². The van der Waals surface area contributed by atoms with Gasteiger partial charge in [-0.1, -0.05) is 18.5 Å². The molecule has 1 saturated carbocycles. The van der Waals surface area contributed by atoms with Gasteiger partial charge in [0, 0.05) is 13.0 Å². The minimum absolute atomic E-state index is 0.0925. The molecule has 0 spiro atoms. The monoisotopic (exact) mass is 253 g/mol. The van der Waals surface area contributed by atoms with E-state index in [1.54, 1.807) is 0 Å². The smallest absolute Gasteiger partial charge is 0.226 e. The highest BCUT2D eigenvalue weighted by Crippen LogP contribution is 2.32. The van der Waals surface area contributed by atoms with Crippen molar-refractivity contribution >= 4 is 0 Å². The molecule has 18 heavy (non-hydrogen) atoms. The molecule has 2 rings (SSSR count). The van der Waals surface area contributed by atoms with Crippen LogP contribution in [0.25, 0.3) is 0 Å². The lowest BCUT2D eigenvalue weighted by molar-refractivity contribution is -0.0258. The third-order valence-corrected chi connectivity index (χ3v) is 3.47. The van der Waals surface area contributed by atoms with E-state index in [-0.39, 0.29) is 6.04 Å². The maximum atomic E-state index is 5.95. The van der Waals surface area contributed by atoms with Crippen LogP contribution in [0.4, 0.5) is 0 Å². The molecule has 0 aliphatic heterocycles. The molecule has 1 atom stereocenters. The Kier molecular flexibility index (Phi) is 4.72. The van der Waals surface area contributed by atoms with Crippen LogP contribution in [-0.2, 0) is 11.2 Å². The van der Waals surface area contributed by atoms with Gasteiger partial charge in [-0.15, -0.1) is 0 Å². The van der Waals surface area contributed by atoms with Gasteiger partial charge in [0.05, 0.1) is 12.1 Å². The van der Waals surface area contributed by atoms with Crippen molar-refractivity contribution in [3.63, 3.8) is 0 Å². The van der Waals surface area contributed by atoms with Crippen LogP contribution in [-0.4, -0.2) is 22.9 Å². The summed E-state index contributed by atoms with van der Waals surface area (Å²) in [7, 11) is 0. The fraction of sp³-hybridized carbons (Fsp3) is 0.846. The first-order valence-corrected chi connectivity index (χ1v) is 6.92. The van der Waals surface area contributed by atoms with Crippen molar-refractivity contribution in [2.75, 3.05) is 6.61 Å². The predicted molar refractivity (Wildman–Crippen MR) is 68.0 cm³/mol. The Morgan fingerprint density at radius 2 is 2.22 bits per heavy atom. The first-order chi connectivity index (χ1) is 8.72. The van der Waals surface area contributed by atoms with Crippen LogP contribution < -0.4 is 5.73 Å². The molecule has 0 aromatic carbocycles. The molecule has 1 heterocycles. The van der Waals surface area contributed by atoms with E-state index in [0.717, 1.165) is 44.6 Å². The van der Waals surface area contributed by atoms with Crippen LogP contribution in [0.3, 0.4) is 0 Å². The van der Waals surface area contributed by atoms with Gasteiger partial charge in [-0.05, 0) is 32.1 Å². The Morgan fingerprint density at radius 1 is 1.44 bits per heavy atom. The van der Waals surface area contributed by atoms with Crippen molar-refractivity contribution in [2.24, 2.45) is 11.7 Å². The van der Waals surface area contributed by atoms with E-state index in [1.165, 1.54) is 0 Å². The van der Waals surface area contributed by atoms with E-state index in [9.17, 15) is 0 Å². The van der Waals surface area contributed by atoms with Gasteiger partial charge in [0.15, 0.2) is 5.82 Å². The first kappa shape index (κ1) is 13.5. The predicted octanol–water partition coefficient (Wildman–Crippen LogP) is 2.23. The second-order valence-electron chi connectivity index (χ2n) is 5.06. The van der Waals surface area contributed by atoms with Gasteiger partial charge in [-0.3, -0.25) is 0 Å². The van der Waals surface area contributed by atoms with E-state index < -0.39 is 0 Å². The summed E-state index contributed by atoms with van der Waals surface area (Å²) in [4.78, 5) is 4.38. The number of hydrogen-bond acceptors (Lipinski definition) is 5. The fourth-order valence-corrected chi connectivity index (χ4v) is 2.40. The molecule has 0 amide bonds. The summed E-state index contributed by atoms with van der Waals surface area (Å²) in [5, 5.41) is 3.96. The van der Waals surface area contributed by atoms with Crippen molar-refractivity contribution in [2.45, 2.75) is 58.1 Å². The lowest BCUT2D eigenvalue weighted by atomic mass is 9.80. The normalized spacial score (nSPS) is 24.8. The van der Waals surface area contributed by atoms with E-state index in [2.05, 4.69) is 17.1 Å². The van der Waals surface area contributed by atoms with Gasteiger partial charge >= 0.3 is 0 Å². The molecule has 1 unspecified atom stereocenters. The number of aromatic nitrogens is 2. The van der Waals surface area contributed by atoms with Gasteiger partial charge in [0.25, 0.3) is 0 Å². The standard InChI is InChI=1S/C13H23N3O2/c1-3-5-11(14)13-15-12(18-16-13)8-9-6-10(7-9)17-4-2/h9-11H,3-8,14H2,1-2H3. The molecule has 5 nitrogen and oxygen atoms in total. The summed E-state index contributed by atoms with van der Waals surface area (Å²) in [6.45, 7) is 4.93. The molecule has 102 valence electrons. The van der Waals surface area contributed by atoms with Crippen molar-refractivity contribution < 1.29 is 9.26 Å². The summed E-state index contributed by atoms with van der Waals surface area (Å²) < 4.78 is 10.8. The Labute approximate surface area is 108 Å². The molecule has 1 aromatic rings. The van der Waals surface area contributed by atoms with E-state index in [1.807, 2.05) is 6.92 Å². The van der Waals surface area contributed by atoms with Crippen LogP contribution in [0.15, 0.2) is 4.52 Å². The van der Waals surface area contributed by atoms with E-state index in [4.69, 9.17) is 15.0 Å². The van der Waals surface area contributed by atoms with E-state index in [0.29, 0.717) is 17.8 Å². The molecular weight excluding hydrogens is 230 g/mol. The molecule has 0 saturated heterocycles. The van der Waals surface area contributed by atoms with Crippen molar-refractivity contribution in [3.05, 3.63) is 11.7 Å². The summed E-state index contributed by atoms with van der Waals surface area (Å²) in [6.07, 6.45) is 5.43. The van der Waals surface area contributed by atoms with Crippen LogP contribution in [0, 0.1) is 5.92 Å². The number of rotatable bonds is 7. The number of hydrogen-bond donors (Lipinski definition) is 1. The van der Waals surface area contributed by atoms with Crippen molar-refractivity contribution in [1.29, 1.82) is 0 Å². The minimum Gasteiger partial charge on any atom is -0.378 e. The number of nitrogens with zero attached hydrogens (tertiary/aromatic N) is 2. The average molecular weight is 253 g/mol. The molecule has 1 aliphatic carbocycles.